The number of hydrogen-bond acceptors (Lipinski definition) is 7. The van der Waals surface area contributed by atoms with Crippen molar-refractivity contribution in [3.63, 3.8) is 0 Å². The van der Waals surface area contributed by atoms with Crippen molar-refractivity contribution in [1.29, 1.82) is 0 Å². The molecule has 0 heterocycles. The molecule has 2 aromatic rings. The lowest BCUT2D eigenvalue weighted by Crippen LogP contribution is -2.23. The Hall–Kier alpha value is -2.96. The molecule has 0 bridgehead atoms. The first-order valence-corrected chi connectivity index (χ1v) is 11.8. The molecule has 0 atom stereocenters. The second-order valence-corrected chi connectivity index (χ2v) is 10.3. The van der Waals surface area contributed by atoms with Gasteiger partial charge in [0.2, 0.25) is 20.0 Å². The summed E-state index contributed by atoms with van der Waals surface area (Å²) >= 11 is 0. The Morgan fingerprint density at radius 1 is 0.967 bits per heavy atom. The summed E-state index contributed by atoms with van der Waals surface area (Å²) in [6.45, 7) is -0.618. The van der Waals surface area contributed by atoms with Gasteiger partial charge in [-0.1, -0.05) is 12.1 Å². The van der Waals surface area contributed by atoms with Crippen LogP contribution in [0.25, 0.3) is 0 Å². The monoisotopic (exact) mass is 455 g/mol. The van der Waals surface area contributed by atoms with Crippen LogP contribution in [0.15, 0.2) is 53.4 Å². The lowest BCUT2D eigenvalue weighted by Gasteiger charge is -2.13. The number of hydrogen-bond donors (Lipinski definition) is 2. The highest BCUT2D eigenvalue weighted by Crippen LogP contribution is 2.18. The summed E-state index contributed by atoms with van der Waals surface area (Å²) in [5.74, 6) is -1.50. The zero-order valence-corrected chi connectivity index (χ0v) is 18.1. The molecule has 2 aromatic carbocycles. The number of anilines is 2. The van der Waals surface area contributed by atoms with Gasteiger partial charge < -0.3 is 10.1 Å². The van der Waals surface area contributed by atoms with E-state index in [-0.39, 0.29) is 21.8 Å². The normalized spacial score (nSPS) is 11.7. The predicted molar refractivity (Wildman–Crippen MR) is 111 cm³/mol. The average molecular weight is 456 g/mol. The third-order valence-corrected chi connectivity index (χ3v) is 6.05. The van der Waals surface area contributed by atoms with Gasteiger partial charge in [0, 0.05) is 25.5 Å². The largest absolute Gasteiger partial charge is 0.452 e. The molecule has 0 radical (unpaired) electrons. The molecule has 0 fully saturated rings. The fraction of sp³-hybridized carbons (Fsp3) is 0.222. The third kappa shape index (κ3) is 6.54. The number of carbonyl (C=O) groups excluding carboxylic acids is 2. The van der Waals surface area contributed by atoms with Crippen molar-refractivity contribution in [3.8, 4) is 0 Å². The summed E-state index contributed by atoms with van der Waals surface area (Å²) in [5.41, 5.74) is 0.448. The fourth-order valence-corrected chi connectivity index (χ4v) is 3.78. The summed E-state index contributed by atoms with van der Waals surface area (Å²) in [7, 11) is -4.40. The minimum atomic E-state index is -3.67. The molecule has 0 aliphatic carbocycles. The highest BCUT2D eigenvalue weighted by atomic mass is 32.2. The Bertz CT molecular complexity index is 1160. The molecule has 30 heavy (non-hydrogen) atoms. The first kappa shape index (κ1) is 23.3. The molecule has 0 saturated heterocycles. The van der Waals surface area contributed by atoms with Gasteiger partial charge in [-0.25, -0.2) is 25.9 Å². The van der Waals surface area contributed by atoms with E-state index in [0.29, 0.717) is 0 Å². The molecule has 162 valence electrons. The van der Waals surface area contributed by atoms with Crippen LogP contribution in [0.4, 0.5) is 11.4 Å². The molecule has 1 amide bonds. The van der Waals surface area contributed by atoms with Gasteiger partial charge in [0.15, 0.2) is 6.61 Å². The number of benzene rings is 2. The number of nitrogens with zero attached hydrogens (tertiary/aromatic N) is 1. The van der Waals surface area contributed by atoms with Crippen LogP contribution in [-0.2, 0) is 29.6 Å². The Balaban J connectivity index is 2.00. The minimum Gasteiger partial charge on any atom is -0.452 e. The lowest BCUT2D eigenvalue weighted by atomic mass is 10.2. The number of esters is 1. The quantitative estimate of drug-likeness (QED) is 0.568. The van der Waals surface area contributed by atoms with Crippen LogP contribution in [-0.4, -0.2) is 60.0 Å². The van der Waals surface area contributed by atoms with Crippen molar-refractivity contribution in [3.05, 3.63) is 54.1 Å². The van der Waals surface area contributed by atoms with E-state index in [1.54, 1.807) is 0 Å². The van der Waals surface area contributed by atoms with E-state index in [4.69, 9.17) is 4.74 Å². The number of sulfonamides is 2. The third-order valence-electron chi connectivity index (χ3n) is 3.63. The standard InChI is InChI=1S/C18H21N3O7S2/c1-21(2)30(26,27)16-9-5-7-14(11-16)19-17(22)12-28-18(23)13-6-4-8-15(10-13)20-29(3,24)25/h4-11,20H,12H2,1-3H3,(H,19,22). The van der Waals surface area contributed by atoms with Gasteiger partial charge in [0.25, 0.3) is 5.91 Å². The zero-order valence-electron chi connectivity index (χ0n) is 16.4. The van der Waals surface area contributed by atoms with E-state index in [1.165, 1.54) is 62.6 Å². The number of carbonyl (C=O) groups is 2. The van der Waals surface area contributed by atoms with Crippen molar-refractivity contribution >= 4 is 43.3 Å². The second kappa shape index (κ2) is 9.24. The topological polar surface area (TPSA) is 139 Å². The number of ether oxygens (including phenoxy) is 1. The van der Waals surface area contributed by atoms with Crippen molar-refractivity contribution in [2.75, 3.05) is 37.0 Å². The maximum atomic E-state index is 12.2. The zero-order chi connectivity index (χ0) is 22.5. The maximum absolute atomic E-state index is 12.2. The summed E-state index contributed by atoms with van der Waals surface area (Å²) in [5, 5.41) is 2.45. The molecule has 0 spiro atoms. The molecule has 12 heteroatoms. The number of amides is 1. The Morgan fingerprint density at radius 3 is 2.23 bits per heavy atom. The molecule has 0 aliphatic rings. The molecule has 10 nitrogen and oxygen atoms in total. The average Bonchev–Trinajstić information content (AvgIpc) is 2.65. The van der Waals surface area contributed by atoms with Gasteiger partial charge in [-0.15, -0.1) is 0 Å². The molecule has 0 aromatic heterocycles. The Labute approximate surface area is 174 Å². The molecule has 0 aliphatic heterocycles. The van der Waals surface area contributed by atoms with Gasteiger partial charge in [-0.2, -0.15) is 0 Å². The van der Waals surface area contributed by atoms with Crippen LogP contribution in [0.2, 0.25) is 0 Å². The fourth-order valence-electron chi connectivity index (χ4n) is 2.28. The van der Waals surface area contributed by atoms with E-state index in [0.717, 1.165) is 10.6 Å². The van der Waals surface area contributed by atoms with Crippen LogP contribution in [0.5, 0.6) is 0 Å². The summed E-state index contributed by atoms with van der Waals surface area (Å²) in [6.07, 6.45) is 0.973. The van der Waals surface area contributed by atoms with Crippen molar-refractivity contribution in [1.82, 2.24) is 4.31 Å². The van der Waals surface area contributed by atoms with E-state index < -0.39 is 38.5 Å². The molecule has 0 unspecified atom stereocenters. The van der Waals surface area contributed by atoms with Crippen LogP contribution >= 0.6 is 0 Å². The van der Waals surface area contributed by atoms with Crippen molar-refractivity contribution < 1.29 is 31.2 Å². The molecule has 2 N–H and O–H groups in total. The number of nitrogens with one attached hydrogen (secondary N) is 2. The summed E-state index contributed by atoms with van der Waals surface area (Å²) in [4.78, 5) is 24.2. The van der Waals surface area contributed by atoms with Crippen LogP contribution < -0.4 is 10.0 Å². The highest BCUT2D eigenvalue weighted by molar-refractivity contribution is 7.92. The van der Waals surface area contributed by atoms with E-state index in [2.05, 4.69) is 10.0 Å². The maximum Gasteiger partial charge on any atom is 0.338 e. The lowest BCUT2D eigenvalue weighted by molar-refractivity contribution is -0.119. The van der Waals surface area contributed by atoms with Gasteiger partial charge in [0.05, 0.1) is 16.7 Å². The minimum absolute atomic E-state index is 0.00233. The highest BCUT2D eigenvalue weighted by Gasteiger charge is 2.18. The van der Waals surface area contributed by atoms with Crippen LogP contribution in [0, 0.1) is 0 Å². The first-order chi connectivity index (χ1) is 13.9. The van der Waals surface area contributed by atoms with Crippen molar-refractivity contribution in [2.45, 2.75) is 4.90 Å². The van der Waals surface area contributed by atoms with Gasteiger partial charge in [-0.3, -0.25) is 9.52 Å². The smallest absolute Gasteiger partial charge is 0.338 e. The summed E-state index contributed by atoms with van der Waals surface area (Å²) < 4.78 is 55.1. The van der Waals surface area contributed by atoms with E-state index in [1.807, 2.05) is 0 Å². The van der Waals surface area contributed by atoms with Gasteiger partial charge >= 0.3 is 5.97 Å². The van der Waals surface area contributed by atoms with Gasteiger partial charge in [-0.05, 0) is 36.4 Å². The van der Waals surface area contributed by atoms with Gasteiger partial charge in [0.1, 0.15) is 0 Å². The van der Waals surface area contributed by atoms with E-state index >= 15 is 0 Å². The Kier molecular flexibility index (Phi) is 7.18. The second-order valence-electron chi connectivity index (χ2n) is 6.39. The number of rotatable bonds is 8. The summed E-state index contributed by atoms with van der Waals surface area (Å²) in [6, 6.07) is 11.2. The predicted octanol–water partition coefficient (Wildman–Crippen LogP) is 1.10. The van der Waals surface area contributed by atoms with Crippen molar-refractivity contribution in [2.24, 2.45) is 0 Å². The van der Waals surface area contributed by atoms with Crippen LogP contribution in [0.3, 0.4) is 0 Å². The van der Waals surface area contributed by atoms with E-state index in [9.17, 15) is 26.4 Å². The molecular weight excluding hydrogens is 434 g/mol. The molecule has 0 saturated carbocycles. The first-order valence-electron chi connectivity index (χ1n) is 8.46. The SMILES string of the molecule is CN(C)S(=O)(=O)c1cccc(NC(=O)COC(=O)c2cccc(NS(C)(=O)=O)c2)c1. The Morgan fingerprint density at radius 2 is 1.60 bits per heavy atom. The molecule has 2 rings (SSSR count). The molecular formula is C18H21N3O7S2. The van der Waals surface area contributed by atoms with Crippen LogP contribution in [0.1, 0.15) is 10.4 Å².